The topological polar surface area (TPSA) is 61.8 Å². The van der Waals surface area contributed by atoms with Gasteiger partial charge in [-0.25, -0.2) is 4.98 Å². The summed E-state index contributed by atoms with van der Waals surface area (Å²) < 4.78 is 44.2. The zero-order valence-electron chi connectivity index (χ0n) is 15.1. The van der Waals surface area contributed by atoms with E-state index in [1.807, 2.05) is 18.9 Å². The first-order chi connectivity index (χ1) is 12.4. The molecule has 26 heavy (non-hydrogen) atoms. The van der Waals surface area contributed by atoms with E-state index in [0.29, 0.717) is 12.5 Å². The van der Waals surface area contributed by atoms with Gasteiger partial charge in [-0.05, 0) is 25.5 Å². The number of hydrogen-bond donors (Lipinski definition) is 2. The van der Waals surface area contributed by atoms with Gasteiger partial charge in [0.25, 0.3) is 0 Å². The molecule has 0 saturated carbocycles. The van der Waals surface area contributed by atoms with Crippen LogP contribution in [0.15, 0.2) is 23.3 Å². The fraction of sp³-hybridized carbons (Fsp3) is 0.647. The molecule has 1 fully saturated rings. The number of halogens is 3. The second kappa shape index (κ2) is 9.61. The minimum atomic E-state index is -4.43. The second-order valence-corrected chi connectivity index (χ2v) is 6.17. The number of aliphatic imine (C=N–C) groups is 1. The summed E-state index contributed by atoms with van der Waals surface area (Å²) in [5.74, 6) is 1.04. The number of rotatable bonds is 7. The third-order valence-corrected chi connectivity index (χ3v) is 4.03. The molecule has 0 aliphatic carbocycles. The molecule has 146 valence electrons. The van der Waals surface area contributed by atoms with E-state index in [2.05, 4.69) is 20.6 Å². The van der Waals surface area contributed by atoms with Gasteiger partial charge in [-0.15, -0.1) is 0 Å². The highest BCUT2D eigenvalue weighted by molar-refractivity contribution is 5.79. The van der Waals surface area contributed by atoms with Crippen LogP contribution in [-0.4, -0.2) is 62.3 Å². The van der Waals surface area contributed by atoms with Crippen molar-refractivity contribution in [2.24, 2.45) is 10.9 Å². The first-order valence-corrected chi connectivity index (χ1v) is 8.75. The second-order valence-electron chi connectivity index (χ2n) is 6.17. The van der Waals surface area contributed by atoms with Crippen LogP contribution < -0.4 is 10.6 Å². The summed E-state index contributed by atoms with van der Waals surface area (Å²) in [4.78, 5) is 10.3. The minimum Gasteiger partial charge on any atom is -0.381 e. The average molecular weight is 373 g/mol. The van der Waals surface area contributed by atoms with E-state index in [1.165, 1.54) is 12.3 Å². The number of anilines is 1. The Morgan fingerprint density at radius 1 is 1.46 bits per heavy atom. The summed E-state index contributed by atoms with van der Waals surface area (Å²) in [6.07, 6.45) is -2.06. The Morgan fingerprint density at radius 3 is 2.92 bits per heavy atom. The van der Waals surface area contributed by atoms with Crippen LogP contribution in [0.25, 0.3) is 0 Å². The van der Waals surface area contributed by atoms with Crippen LogP contribution in [-0.2, 0) is 10.9 Å². The third-order valence-electron chi connectivity index (χ3n) is 4.03. The monoisotopic (exact) mass is 373 g/mol. The Bertz CT molecular complexity index is 588. The lowest BCUT2D eigenvalue weighted by Gasteiger charge is -2.24. The molecule has 1 unspecified atom stereocenters. The molecule has 2 heterocycles. The van der Waals surface area contributed by atoms with Crippen molar-refractivity contribution in [3.8, 4) is 0 Å². The fourth-order valence-corrected chi connectivity index (χ4v) is 2.78. The highest BCUT2D eigenvalue weighted by Gasteiger charge is 2.33. The molecular formula is C17H26F3N5O. The molecule has 0 bridgehead atoms. The number of hydrogen-bond acceptors (Lipinski definition) is 4. The predicted octanol–water partition coefficient (Wildman–Crippen LogP) is 2.45. The molecule has 1 aliphatic rings. The number of ether oxygens (including phenoxy) is 1. The maximum absolute atomic E-state index is 13.0. The van der Waals surface area contributed by atoms with Crippen LogP contribution in [0, 0.1) is 5.92 Å². The third kappa shape index (κ3) is 6.05. The van der Waals surface area contributed by atoms with Gasteiger partial charge in [0.15, 0.2) is 5.96 Å². The van der Waals surface area contributed by atoms with Crippen LogP contribution in [0.4, 0.5) is 19.0 Å². The maximum Gasteiger partial charge on any atom is 0.419 e. The zero-order valence-corrected chi connectivity index (χ0v) is 15.1. The van der Waals surface area contributed by atoms with E-state index in [-0.39, 0.29) is 12.4 Å². The molecule has 2 rings (SSSR count). The maximum atomic E-state index is 13.0. The summed E-state index contributed by atoms with van der Waals surface area (Å²) in [7, 11) is 1.95. The van der Waals surface area contributed by atoms with Gasteiger partial charge >= 0.3 is 6.18 Å². The normalized spacial score (nSPS) is 18.0. The van der Waals surface area contributed by atoms with Gasteiger partial charge in [-0.2, -0.15) is 13.2 Å². The number of nitrogens with one attached hydrogen (secondary N) is 2. The number of nitrogens with zero attached hydrogens (tertiary/aromatic N) is 3. The van der Waals surface area contributed by atoms with Crippen LogP contribution in [0.2, 0.25) is 0 Å². The zero-order chi connectivity index (χ0) is 19.0. The molecule has 1 aromatic rings. The largest absolute Gasteiger partial charge is 0.419 e. The van der Waals surface area contributed by atoms with Gasteiger partial charge in [0, 0.05) is 45.4 Å². The predicted molar refractivity (Wildman–Crippen MR) is 95.3 cm³/mol. The Kier molecular flexibility index (Phi) is 7.50. The molecule has 0 aromatic carbocycles. The van der Waals surface area contributed by atoms with Crippen molar-refractivity contribution in [3.63, 3.8) is 0 Å². The van der Waals surface area contributed by atoms with Crippen molar-refractivity contribution < 1.29 is 17.9 Å². The molecule has 1 aromatic heterocycles. The molecule has 1 atom stereocenters. The van der Waals surface area contributed by atoms with E-state index in [0.717, 1.165) is 44.8 Å². The summed E-state index contributed by atoms with van der Waals surface area (Å²) in [5, 5.41) is 5.93. The summed E-state index contributed by atoms with van der Waals surface area (Å²) in [6, 6.07) is 2.29. The molecule has 0 spiro atoms. The summed E-state index contributed by atoms with van der Waals surface area (Å²) in [5.41, 5.74) is -0.769. The first-order valence-electron chi connectivity index (χ1n) is 8.75. The highest BCUT2D eigenvalue weighted by Crippen LogP contribution is 2.33. The summed E-state index contributed by atoms with van der Waals surface area (Å²) in [6.45, 7) is 5.67. The minimum absolute atomic E-state index is 0.170. The number of aromatic nitrogens is 1. The lowest BCUT2D eigenvalue weighted by atomic mass is 10.1. The molecule has 0 amide bonds. The number of pyridine rings is 1. The van der Waals surface area contributed by atoms with Gasteiger partial charge in [0.2, 0.25) is 0 Å². The van der Waals surface area contributed by atoms with Gasteiger partial charge in [0.05, 0.1) is 18.7 Å². The number of guanidine groups is 1. The van der Waals surface area contributed by atoms with Gasteiger partial charge in [-0.1, -0.05) is 0 Å². The summed E-state index contributed by atoms with van der Waals surface area (Å²) >= 11 is 0. The lowest BCUT2D eigenvalue weighted by Crippen LogP contribution is -2.41. The van der Waals surface area contributed by atoms with Crippen molar-refractivity contribution in [2.75, 3.05) is 51.8 Å². The van der Waals surface area contributed by atoms with Crippen molar-refractivity contribution in [1.29, 1.82) is 0 Å². The van der Waals surface area contributed by atoms with Gasteiger partial charge < -0.3 is 20.3 Å². The van der Waals surface area contributed by atoms with Crippen LogP contribution in [0.1, 0.15) is 18.9 Å². The molecule has 2 N–H and O–H groups in total. The Morgan fingerprint density at radius 2 is 2.27 bits per heavy atom. The van der Waals surface area contributed by atoms with Crippen LogP contribution in [0.5, 0.6) is 0 Å². The first kappa shape index (κ1) is 20.3. The van der Waals surface area contributed by atoms with E-state index in [4.69, 9.17) is 4.74 Å². The Hall–Kier alpha value is -2.03. The van der Waals surface area contributed by atoms with E-state index < -0.39 is 11.7 Å². The van der Waals surface area contributed by atoms with Crippen LogP contribution in [0.3, 0.4) is 0 Å². The molecule has 9 heteroatoms. The lowest BCUT2D eigenvalue weighted by molar-refractivity contribution is -0.137. The molecule has 1 aliphatic heterocycles. The molecule has 0 radical (unpaired) electrons. The van der Waals surface area contributed by atoms with Crippen molar-refractivity contribution >= 4 is 11.8 Å². The average Bonchev–Trinajstić information content (AvgIpc) is 3.10. The van der Waals surface area contributed by atoms with Gasteiger partial charge in [0.1, 0.15) is 5.82 Å². The molecule has 1 saturated heterocycles. The molecule has 6 nitrogen and oxygen atoms in total. The van der Waals surface area contributed by atoms with E-state index >= 15 is 0 Å². The Labute approximate surface area is 151 Å². The fourth-order valence-electron chi connectivity index (χ4n) is 2.78. The van der Waals surface area contributed by atoms with Gasteiger partial charge in [-0.3, -0.25) is 4.99 Å². The van der Waals surface area contributed by atoms with Crippen molar-refractivity contribution in [3.05, 3.63) is 23.9 Å². The van der Waals surface area contributed by atoms with E-state index in [9.17, 15) is 13.2 Å². The Balaban J connectivity index is 1.90. The van der Waals surface area contributed by atoms with Crippen molar-refractivity contribution in [2.45, 2.75) is 19.5 Å². The van der Waals surface area contributed by atoms with Crippen molar-refractivity contribution in [1.82, 2.24) is 15.2 Å². The smallest absolute Gasteiger partial charge is 0.381 e. The SMILES string of the molecule is CCNC(=NCCNc1ncccc1C(F)(F)F)N(C)CC1CCOC1. The van der Waals surface area contributed by atoms with E-state index in [1.54, 1.807) is 0 Å². The molecular weight excluding hydrogens is 347 g/mol. The quantitative estimate of drug-likeness (QED) is 0.437. The highest BCUT2D eigenvalue weighted by atomic mass is 19.4. The van der Waals surface area contributed by atoms with Crippen LogP contribution >= 0.6 is 0 Å². The standard InChI is InChI=1S/C17H26F3N5O/c1-3-21-16(25(2)11-13-6-10-26-12-13)24-9-8-23-15-14(17(18,19)20)5-4-7-22-15/h4-5,7,13H,3,6,8-12H2,1-2H3,(H,21,24)(H,22,23). The number of alkyl halides is 3.